The van der Waals surface area contributed by atoms with Crippen molar-refractivity contribution in [2.75, 3.05) is 32.7 Å². The molecule has 0 radical (unpaired) electrons. The minimum atomic E-state index is -0.148. The third-order valence-corrected chi connectivity index (χ3v) is 5.81. The van der Waals surface area contributed by atoms with E-state index in [1.54, 1.807) is 0 Å². The van der Waals surface area contributed by atoms with Crippen LogP contribution in [0, 0.1) is 6.92 Å². The Balaban J connectivity index is 1.26. The first-order valence-electron chi connectivity index (χ1n) is 9.86. The van der Waals surface area contributed by atoms with Crippen LogP contribution < -0.4 is 5.32 Å². The number of nitrogens with zero attached hydrogens (tertiary/aromatic N) is 3. The normalized spacial score (nSPS) is 20.2. The zero-order valence-electron chi connectivity index (χ0n) is 16.0. The fourth-order valence-corrected chi connectivity index (χ4v) is 4.11. The van der Waals surface area contributed by atoms with Gasteiger partial charge < -0.3 is 9.84 Å². The van der Waals surface area contributed by atoms with Crippen molar-refractivity contribution in [3.63, 3.8) is 0 Å². The lowest BCUT2D eigenvalue weighted by Gasteiger charge is -2.44. The molecule has 2 aliphatic rings. The second kappa shape index (κ2) is 7.82. The standard InChI is InChI=1S/C21H28N4O2/c1-17-14-19(23-27-17)15-24-10-12-25(13-11-24)16-20(26)22-21(8-5-9-21)18-6-3-2-4-7-18/h2-4,6-7,14H,5,8-13,15-16H2,1H3,(H,22,26). The summed E-state index contributed by atoms with van der Waals surface area (Å²) in [7, 11) is 0. The molecule has 2 heterocycles. The molecule has 1 amide bonds. The molecule has 2 aromatic rings. The molecule has 1 aromatic heterocycles. The van der Waals surface area contributed by atoms with Gasteiger partial charge in [0, 0.05) is 38.8 Å². The van der Waals surface area contributed by atoms with E-state index < -0.39 is 0 Å². The van der Waals surface area contributed by atoms with Crippen LogP contribution in [0.1, 0.15) is 36.3 Å². The van der Waals surface area contributed by atoms with E-state index >= 15 is 0 Å². The maximum Gasteiger partial charge on any atom is 0.234 e. The number of rotatable bonds is 6. The van der Waals surface area contributed by atoms with E-state index in [0.717, 1.165) is 57.0 Å². The fraction of sp³-hybridized carbons (Fsp3) is 0.524. The Bertz CT molecular complexity index is 761. The van der Waals surface area contributed by atoms with Crippen LogP contribution in [-0.2, 0) is 16.9 Å². The third-order valence-electron chi connectivity index (χ3n) is 5.81. The molecular weight excluding hydrogens is 340 g/mol. The quantitative estimate of drug-likeness (QED) is 0.848. The van der Waals surface area contributed by atoms with E-state index in [9.17, 15) is 4.79 Å². The Hall–Kier alpha value is -2.18. The van der Waals surface area contributed by atoms with Gasteiger partial charge in [-0.05, 0) is 31.7 Å². The Morgan fingerprint density at radius 2 is 1.85 bits per heavy atom. The van der Waals surface area contributed by atoms with Gasteiger partial charge in [0.05, 0.1) is 17.8 Å². The number of amides is 1. The predicted octanol–water partition coefficient (Wildman–Crippen LogP) is 2.30. The van der Waals surface area contributed by atoms with E-state index in [1.165, 1.54) is 12.0 Å². The fourth-order valence-electron chi connectivity index (χ4n) is 4.11. The van der Waals surface area contributed by atoms with Crippen molar-refractivity contribution in [3.8, 4) is 0 Å². The Labute approximate surface area is 160 Å². The lowest BCUT2D eigenvalue weighted by atomic mass is 9.72. The average molecular weight is 368 g/mol. The minimum absolute atomic E-state index is 0.138. The van der Waals surface area contributed by atoms with Crippen LogP contribution in [0.5, 0.6) is 0 Å². The number of aryl methyl sites for hydroxylation is 1. The van der Waals surface area contributed by atoms with Crippen LogP contribution in [0.2, 0.25) is 0 Å². The first-order valence-corrected chi connectivity index (χ1v) is 9.86. The smallest absolute Gasteiger partial charge is 0.234 e. The first-order chi connectivity index (χ1) is 13.1. The Morgan fingerprint density at radius 3 is 2.44 bits per heavy atom. The van der Waals surface area contributed by atoms with Crippen molar-refractivity contribution in [3.05, 3.63) is 53.4 Å². The molecule has 2 fully saturated rings. The molecule has 1 aliphatic heterocycles. The molecular formula is C21H28N4O2. The van der Waals surface area contributed by atoms with Crippen LogP contribution in [-0.4, -0.2) is 53.6 Å². The van der Waals surface area contributed by atoms with Gasteiger partial charge in [-0.25, -0.2) is 0 Å². The summed E-state index contributed by atoms with van der Waals surface area (Å²) in [5.41, 5.74) is 2.07. The summed E-state index contributed by atoms with van der Waals surface area (Å²) in [6.45, 7) is 6.91. The molecule has 1 aromatic carbocycles. The van der Waals surface area contributed by atoms with Crippen LogP contribution in [0.4, 0.5) is 0 Å². The van der Waals surface area contributed by atoms with E-state index in [-0.39, 0.29) is 11.4 Å². The van der Waals surface area contributed by atoms with Gasteiger partial charge in [0.25, 0.3) is 0 Å². The van der Waals surface area contributed by atoms with Crippen LogP contribution in [0.25, 0.3) is 0 Å². The van der Waals surface area contributed by atoms with Crippen molar-refractivity contribution in [2.24, 2.45) is 0 Å². The maximum atomic E-state index is 12.7. The molecule has 1 saturated carbocycles. The lowest BCUT2D eigenvalue weighted by molar-refractivity contribution is -0.126. The van der Waals surface area contributed by atoms with Gasteiger partial charge in [-0.15, -0.1) is 0 Å². The zero-order chi connectivity index (χ0) is 18.7. The number of hydrogen-bond acceptors (Lipinski definition) is 5. The molecule has 4 rings (SSSR count). The number of nitrogens with one attached hydrogen (secondary N) is 1. The predicted molar refractivity (Wildman–Crippen MR) is 103 cm³/mol. The van der Waals surface area contributed by atoms with Crippen LogP contribution in [0.3, 0.4) is 0 Å². The molecule has 1 saturated heterocycles. The Morgan fingerprint density at radius 1 is 1.15 bits per heavy atom. The van der Waals surface area contributed by atoms with E-state index in [0.29, 0.717) is 6.54 Å². The van der Waals surface area contributed by atoms with Crippen LogP contribution >= 0.6 is 0 Å². The van der Waals surface area contributed by atoms with Gasteiger partial charge >= 0.3 is 0 Å². The van der Waals surface area contributed by atoms with Crippen LogP contribution in [0.15, 0.2) is 40.9 Å². The highest BCUT2D eigenvalue weighted by molar-refractivity contribution is 5.79. The summed E-state index contributed by atoms with van der Waals surface area (Å²) >= 11 is 0. The third kappa shape index (κ3) is 4.22. The summed E-state index contributed by atoms with van der Waals surface area (Å²) in [6.07, 6.45) is 3.25. The highest BCUT2D eigenvalue weighted by atomic mass is 16.5. The van der Waals surface area contributed by atoms with Crippen molar-refractivity contribution in [1.29, 1.82) is 0 Å². The molecule has 0 atom stereocenters. The topological polar surface area (TPSA) is 61.6 Å². The summed E-state index contributed by atoms with van der Waals surface area (Å²) in [5.74, 6) is 0.989. The molecule has 0 spiro atoms. The van der Waals surface area contributed by atoms with E-state index in [4.69, 9.17) is 4.52 Å². The van der Waals surface area contributed by atoms with Crippen molar-refractivity contribution in [2.45, 2.75) is 38.3 Å². The molecule has 144 valence electrons. The SMILES string of the molecule is Cc1cc(CN2CCN(CC(=O)NC3(c4ccccc4)CCC3)CC2)no1. The number of hydrogen-bond donors (Lipinski definition) is 1. The molecule has 6 nitrogen and oxygen atoms in total. The van der Waals surface area contributed by atoms with E-state index in [2.05, 4.69) is 44.5 Å². The number of aromatic nitrogens is 1. The second-order valence-electron chi connectivity index (χ2n) is 7.83. The summed E-state index contributed by atoms with van der Waals surface area (Å²) in [6, 6.07) is 12.4. The highest BCUT2D eigenvalue weighted by Gasteiger charge is 2.40. The molecule has 1 aliphatic carbocycles. The van der Waals surface area contributed by atoms with Crippen molar-refractivity contribution < 1.29 is 9.32 Å². The Kier molecular flexibility index (Phi) is 5.27. The van der Waals surface area contributed by atoms with Gasteiger partial charge in [0.1, 0.15) is 5.76 Å². The average Bonchev–Trinajstić information content (AvgIpc) is 3.05. The monoisotopic (exact) mass is 368 g/mol. The molecule has 27 heavy (non-hydrogen) atoms. The zero-order valence-corrected chi connectivity index (χ0v) is 16.0. The van der Waals surface area contributed by atoms with Gasteiger partial charge in [0.2, 0.25) is 5.91 Å². The number of carbonyl (C=O) groups is 1. The molecule has 6 heteroatoms. The maximum absolute atomic E-state index is 12.7. The highest BCUT2D eigenvalue weighted by Crippen LogP contribution is 2.41. The number of piperazine rings is 1. The van der Waals surface area contributed by atoms with Gasteiger partial charge in [-0.2, -0.15) is 0 Å². The van der Waals surface area contributed by atoms with E-state index in [1.807, 2.05) is 19.1 Å². The van der Waals surface area contributed by atoms with Crippen molar-refractivity contribution >= 4 is 5.91 Å². The van der Waals surface area contributed by atoms with Crippen molar-refractivity contribution in [1.82, 2.24) is 20.3 Å². The molecule has 0 unspecified atom stereocenters. The number of benzene rings is 1. The second-order valence-corrected chi connectivity index (χ2v) is 7.83. The number of carbonyl (C=O) groups excluding carboxylic acids is 1. The van der Waals surface area contributed by atoms with Gasteiger partial charge in [-0.1, -0.05) is 35.5 Å². The summed E-state index contributed by atoms with van der Waals surface area (Å²) in [5, 5.41) is 7.40. The minimum Gasteiger partial charge on any atom is -0.361 e. The summed E-state index contributed by atoms with van der Waals surface area (Å²) in [4.78, 5) is 17.3. The molecule has 0 bridgehead atoms. The summed E-state index contributed by atoms with van der Waals surface area (Å²) < 4.78 is 5.14. The molecule has 1 N–H and O–H groups in total. The first kappa shape index (κ1) is 18.2. The lowest BCUT2D eigenvalue weighted by Crippen LogP contribution is -2.55. The van der Waals surface area contributed by atoms with Gasteiger partial charge in [0.15, 0.2) is 0 Å². The largest absolute Gasteiger partial charge is 0.361 e. The van der Waals surface area contributed by atoms with Gasteiger partial charge in [-0.3, -0.25) is 14.6 Å².